The molecule has 1 atom stereocenters. The molecule has 3 heterocycles. The molecule has 0 saturated carbocycles. The van der Waals surface area contributed by atoms with Gasteiger partial charge in [0.25, 0.3) is 0 Å². The van der Waals surface area contributed by atoms with Gasteiger partial charge in [-0.05, 0) is 31.2 Å². The minimum atomic E-state index is -0.161. The van der Waals surface area contributed by atoms with E-state index in [4.69, 9.17) is 0 Å². The smallest absolute Gasteiger partial charge is 0.236 e. The number of carbonyl (C=O) groups excluding carboxylic acids is 3. The maximum Gasteiger partial charge on any atom is 0.236 e. The van der Waals surface area contributed by atoms with E-state index in [2.05, 4.69) is 20.4 Å². The Morgan fingerprint density at radius 3 is 2.49 bits per heavy atom. The van der Waals surface area contributed by atoms with Crippen molar-refractivity contribution in [2.45, 2.75) is 13.3 Å². The highest BCUT2D eigenvalue weighted by atomic mass is 16.2. The first-order chi connectivity index (χ1) is 17.0. The van der Waals surface area contributed by atoms with Crippen LogP contribution in [0, 0.1) is 5.92 Å². The van der Waals surface area contributed by atoms with Gasteiger partial charge in [-0.3, -0.25) is 24.4 Å². The van der Waals surface area contributed by atoms with Crippen LogP contribution in [0.15, 0.2) is 48.5 Å². The first kappa shape index (κ1) is 23.0. The number of anilines is 1. The number of hydrogen-bond acceptors (Lipinski definition) is 5. The van der Waals surface area contributed by atoms with E-state index in [-0.39, 0.29) is 23.6 Å². The fraction of sp³-hybridized carbons (Fsp3) is 0.385. The quantitative estimate of drug-likeness (QED) is 0.590. The predicted octanol–water partition coefficient (Wildman–Crippen LogP) is 2.18. The second-order valence-corrected chi connectivity index (χ2v) is 9.30. The lowest BCUT2D eigenvalue weighted by atomic mass is 10.1. The standard InChI is InChI=1S/C26H30N6O3/c1-18(33)31-11-13-32(14-12-31)24(34)17-30-10-9-20(16-30)26(35)27-21-7-8-23-22(15-21)25(29-28-23)19-5-3-2-4-6-19/h2-8,15,20H,9-14,16-17H2,1H3,(H,27,35)(H,28,29). The normalized spacial score (nSPS) is 18.7. The lowest BCUT2D eigenvalue weighted by molar-refractivity contribution is -0.139. The van der Waals surface area contributed by atoms with Crippen LogP contribution in [0.5, 0.6) is 0 Å². The molecule has 2 N–H and O–H groups in total. The number of aromatic nitrogens is 2. The average Bonchev–Trinajstić information content (AvgIpc) is 3.51. The number of piperazine rings is 1. The summed E-state index contributed by atoms with van der Waals surface area (Å²) in [4.78, 5) is 42.8. The Kier molecular flexibility index (Phi) is 6.50. The third kappa shape index (κ3) is 5.05. The first-order valence-electron chi connectivity index (χ1n) is 12.1. The third-order valence-corrected chi connectivity index (χ3v) is 6.96. The van der Waals surface area contributed by atoms with Crippen molar-refractivity contribution in [3.05, 3.63) is 48.5 Å². The Labute approximate surface area is 204 Å². The summed E-state index contributed by atoms with van der Waals surface area (Å²) in [5.74, 6) is -0.0769. The molecule has 2 aromatic carbocycles. The van der Waals surface area contributed by atoms with Crippen molar-refractivity contribution in [1.29, 1.82) is 0 Å². The van der Waals surface area contributed by atoms with Gasteiger partial charge in [-0.2, -0.15) is 5.10 Å². The fourth-order valence-corrected chi connectivity index (χ4v) is 4.90. The minimum absolute atomic E-state index is 0.0286. The highest BCUT2D eigenvalue weighted by Gasteiger charge is 2.31. The van der Waals surface area contributed by atoms with E-state index in [0.29, 0.717) is 39.3 Å². The van der Waals surface area contributed by atoms with Crippen LogP contribution in [-0.4, -0.2) is 88.4 Å². The van der Waals surface area contributed by atoms with Crippen LogP contribution in [0.3, 0.4) is 0 Å². The minimum Gasteiger partial charge on any atom is -0.339 e. The number of fused-ring (bicyclic) bond motifs is 1. The largest absolute Gasteiger partial charge is 0.339 e. The zero-order valence-electron chi connectivity index (χ0n) is 19.9. The zero-order chi connectivity index (χ0) is 24.4. The van der Waals surface area contributed by atoms with Gasteiger partial charge in [0.1, 0.15) is 0 Å². The fourth-order valence-electron chi connectivity index (χ4n) is 4.90. The van der Waals surface area contributed by atoms with Crippen molar-refractivity contribution in [2.75, 3.05) is 51.1 Å². The number of nitrogens with one attached hydrogen (secondary N) is 2. The van der Waals surface area contributed by atoms with E-state index < -0.39 is 0 Å². The number of likely N-dealkylation sites (tertiary alicyclic amines) is 1. The van der Waals surface area contributed by atoms with Crippen LogP contribution < -0.4 is 5.32 Å². The average molecular weight is 475 g/mol. The molecule has 2 fully saturated rings. The molecule has 0 radical (unpaired) electrons. The molecule has 9 nitrogen and oxygen atoms in total. The van der Waals surface area contributed by atoms with E-state index in [0.717, 1.165) is 40.8 Å². The number of carbonyl (C=O) groups is 3. The number of rotatable bonds is 5. The van der Waals surface area contributed by atoms with Crippen molar-refractivity contribution in [2.24, 2.45) is 5.92 Å². The SMILES string of the molecule is CC(=O)N1CCN(C(=O)CN2CCC(C(=O)Nc3ccc4[nH]nc(-c5ccccc5)c4c3)C2)CC1. The lowest BCUT2D eigenvalue weighted by Gasteiger charge is -2.35. The Hall–Kier alpha value is -3.72. The summed E-state index contributed by atoms with van der Waals surface area (Å²) in [6.07, 6.45) is 0.723. The molecule has 3 amide bonds. The van der Waals surface area contributed by atoms with Crippen LogP contribution in [0.4, 0.5) is 5.69 Å². The Morgan fingerprint density at radius 1 is 1.00 bits per heavy atom. The molecule has 1 aromatic heterocycles. The molecule has 0 aliphatic carbocycles. The van der Waals surface area contributed by atoms with Gasteiger partial charge in [-0.15, -0.1) is 0 Å². The molecule has 2 saturated heterocycles. The number of nitrogens with zero attached hydrogens (tertiary/aromatic N) is 4. The van der Waals surface area contributed by atoms with Crippen molar-refractivity contribution in [3.63, 3.8) is 0 Å². The number of aromatic amines is 1. The van der Waals surface area contributed by atoms with Crippen LogP contribution in [0.25, 0.3) is 22.2 Å². The zero-order valence-corrected chi connectivity index (χ0v) is 19.9. The van der Waals surface area contributed by atoms with Gasteiger partial charge in [0.15, 0.2) is 0 Å². The second-order valence-electron chi connectivity index (χ2n) is 9.30. The maximum absolute atomic E-state index is 13.0. The second kappa shape index (κ2) is 9.87. The van der Waals surface area contributed by atoms with Crippen molar-refractivity contribution in [3.8, 4) is 11.3 Å². The number of benzene rings is 2. The summed E-state index contributed by atoms with van der Waals surface area (Å²) < 4.78 is 0. The van der Waals surface area contributed by atoms with E-state index in [9.17, 15) is 14.4 Å². The number of H-pyrrole nitrogens is 1. The Morgan fingerprint density at radius 2 is 1.74 bits per heavy atom. The van der Waals surface area contributed by atoms with E-state index in [1.807, 2.05) is 53.4 Å². The van der Waals surface area contributed by atoms with E-state index >= 15 is 0 Å². The predicted molar refractivity (Wildman–Crippen MR) is 134 cm³/mol. The summed E-state index contributed by atoms with van der Waals surface area (Å²) >= 11 is 0. The van der Waals surface area contributed by atoms with Crippen molar-refractivity contribution >= 4 is 34.3 Å². The molecule has 2 aliphatic heterocycles. The highest BCUT2D eigenvalue weighted by molar-refractivity contribution is 5.99. The van der Waals surface area contributed by atoms with Gasteiger partial charge in [-0.25, -0.2) is 0 Å². The molecule has 3 aromatic rings. The third-order valence-electron chi connectivity index (χ3n) is 6.96. The van der Waals surface area contributed by atoms with Crippen molar-refractivity contribution < 1.29 is 14.4 Å². The molecule has 35 heavy (non-hydrogen) atoms. The molecule has 2 aliphatic rings. The molecule has 9 heteroatoms. The van der Waals surface area contributed by atoms with Crippen LogP contribution in [0.1, 0.15) is 13.3 Å². The summed E-state index contributed by atoms with van der Waals surface area (Å²) in [7, 11) is 0. The summed E-state index contributed by atoms with van der Waals surface area (Å²) in [6.45, 7) is 5.45. The Bertz CT molecular complexity index is 1230. The Balaban J connectivity index is 1.17. The first-order valence-corrected chi connectivity index (χ1v) is 12.1. The molecular formula is C26H30N6O3. The van der Waals surface area contributed by atoms with Crippen LogP contribution >= 0.6 is 0 Å². The number of amides is 3. The molecular weight excluding hydrogens is 444 g/mol. The summed E-state index contributed by atoms with van der Waals surface area (Å²) in [6, 6.07) is 15.7. The number of hydrogen-bond donors (Lipinski definition) is 2. The molecule has 1 unspecified atom stereocenters. The van der Waals surface area contributed by atoms with E-state index in [1.54, 1.807) is 11.8 Å². The van der Waals surface area contributed by atoms with Gasteiger partial charge >= 0.3 is 0 Å². The van der Waals surface area contributed by atoms with Gasteiger partial charge in [0, 0.05) is 56.3 Å². The summed E-state index contributed by atoms with van der Waals surface area (Å²) in [5, 5.41) is 11.5. The van der Waals surface area contributed by atoms with Crippen molar-refractivity contribution in [1.82, 2.24) is 24.9 Å². The summed E-state index contributed by atoms with van der Waals surface area (Å²) in [5.41, 5.74) is 3.52. The van der Waals surface area contributed by atoms with E-state index in [1.165, 1.54) is 0 Å². The lowest BCUT2D eigenvalue weighted by Crippen LogP contribution is -2.52. The molecule has 182 valence electrons. The monoisotopic (exact) mass is 474 g/mol. The topological polar surface area (TPSA) is 102 Å². The molecule has 0 bridgehead atoms. The van der Waals surface area contributed by atoms with Gasteiger partial charge in [-0.1, -0.05) is 30.3 Å². The van der Waals surface area contributed by atoms with Gasteiger partial charge in [0.2, 0.25) is 17.7 Å². The molecule has 0 spiro atoms. The van der Waals surface area contributed by atoms with Gasteiger partial charge < -0.3 is 15.1 Å². The highest BCUT2D eigenvalue weighted by Crippen LogP contribution is 2.29. The van der Waals surface area contributed by atoms with Gasteiger partial charge in [0.05, 0.1) is 23.7 Å². The van der Waals surface area contributed by atoms with Crippen LogP contribution in [0.2, 0.25) is 0 Å². The maximum atomic E-state index is 13.0. The van der Waals surface area contributed by atoms with Crippen LogP contribution in [-0.2, 0) is 14.4 Å². The molecule has 5 rings (SSSR count).